The van der Waals surface area contributed by atoms with Crippen LogP contribution in [-0.4, -0.2) is 45.2 Å². The Morgan fingerprint density at radius 3 is 2.38 bits per heavy atom. The third-order valence-electron chi connectivity index (χ3n) is 3.63. The fraction of sp³-hybridized carbons (Fsp3) is 0.647. The Morgan fingerprint density at radius 1 is 1.14 bits per heavy atom. The molecular formula is C17H30BrN3. The number of rotatable bonds is 9. The second-order valence-corrected chi connectivity index (χ2v) is 6.63. The molecule has 120 valence electrons. The first-order valence-corrected chi connectivity index (χ1v) is 8.71. The van der Waals surface area contributed by atoms with Gasteiger partial charge in [0.25, 0.3) is 0 Å². The molecule has 1 unspecified atom stereocenters. The summed E-state index contributed by atoms with van der Waals surface area (Å²) in [6.07, 6.45) is 1.16. The highest BCUT2D eigenvalue weighted by molar-refractivity contribution is 9.10. The summed E-state index contributed by atoms with van der Waals surface area (Å²) in [4.78, 5) is 4.70. The minimum atomic E-state index is 0.391. The monoisotopic (exact) mass is 355 g/mol. The lowest BCUT2D eigenvalue weighted by Crippen LogP contribution is -2.32. The molecule has 0 aliphatic heterocycles. The number of likely N-dealkylation sites (N-methyl/N-ethyl adjacent to an activating group) is 1. The first-order chi connectivity index (χ1) is 9.99. The fourth-order valence-corrected chi connectivity index (χ4v) is 3.06. The van der Waals surface area contributed by atoms with Crippen LogP contribution in [0.4, 0.5) is 5.69 Å². The maximum absolute atomic E-state index is 3.76. The van der Waals surface area contributed by atoms with Crippen LogP contribution in [0.1, 0.15) is 38.8 Å². The number of benzene rings is 1. The molecule has 1 aromatic carbocycles. The zero-order chi connectivity index (χ0) is 15.8. The van der Waals surface area contributed by atoms with Crippen molar-refractivity contribution >= 4 is 21.6 Å². The maximum atomic E-state index is 3.76. The van der Waals surface area contributed by atoms with E-state index in [-0.39, 0.29) is 0 Å². The Balaban J connectivity index is 2.88. The summed E-state index contributed by atoms with van der Waals surface area (Å²) in [5.41, 5.74) is 2.63. The molecule has 0 aliphatic rings. The molecule has 0 bridgehead atoms. The lowest BCUT2D eigenvalue weighted by Gasteiger charge is -2.27. The standard InChI is InChI=1S/C17H30BrN3/c1-6-10-21(12-11-20(4)5)17-9-8-15(13-16(17)18)14(3)19-7-2/h8-9,13-14,19H,6-7,10-12H2,1-5H3. The Kier molecular flexibility index (Phi) is 8.30. The summed E-state index contributed by atoms with van der Waals surface area (Å²) in [7, 11) is 4.25. The minimum Gasteiger partial charge on any atom is -0.369 e. The quantitative estimate of drug-likeness (QED) is 0.724. The summed E-state index contributed by atoms with van der Waals surface area (Å²) >= 11 is 3.76. The average Bonchev–Trinajstić information content (AvgIpc) is 2.43. The van der Waals surface area contributed by atoms with Crippen LogP contribution in [0, 0.1) is 0 Å². The summed E-state index contributed by atoms with van der Waals surface area (Å²) in [6.45, 7) is 10.8. The molecule has 21 heavy (non-hydrogen) atoms. The van der Waals surface area contributed by atoms with E-state index < -0.39 is 0 Å². The van der Waals surface area contributed by atoms with Gasteiger partial charge < -0.3 is 15.1 Å². The van der Waals surface area contributed by atoms with Gasteiger partial charge in [-0.3, -0.25) is 0 Å². The molecule has 1 aromatic rings. The molecule has 0 saturated heterocycles. The molecule has 1 N–H and O–H groups in total. The smallest absolute Gasteiger partial charge is 0.0511 e. The van der Waals surface area contributed by atoms with Crippen molar-refractivity contribution in [2.45, 2.75) is 33.2 Å². The van der Waals surface area contributed by atoms with Crippen molar-refractivity contribution < 1.29 is 0 Å². The van der Waals surface area contributed by atoms with Crippen molar-refractivity contribution in [2.24, 2.45) is 0 Å². The lowest BCUT2D eigenvalue weighted by molar-refractivity contribution is 0.413. The topological polar surface area (TPSA) is 18.5 Å². The molecule has 0 saturated carbocycles. The largest absolute Gasteiger partial charge is 0.369 e. The van der Waals surface area contributed by atoms with Gasteiger partial charge >= 0.3 is 0 Å². The van der Waals surface area contributed by atoms with Crippen molar-refractivity contribution in [1.29, 1.82) is 0 Å². The highest BCUT2D eigenvalue weighted by Gasteiger charge is 2.12. The zero-order valence-electron chi connectivity index (χ0n) is 14.1. The number of anilines is 1. The van der Waals surface area contributed by atoms with Crippen molar-refractivity contribution in [2.75, 3.05) is 45.2 Å². The van der Waals surface area contributed by atoms with E-state index in [9.17, 15) is 0 Å². The van der Waals surface area contributed by atoms with Gasteiger partial charge in [-0.1, -0.05) is 19.9 Å². The zero-order valence-corrected chi connectivity index (χ0v) is 15.7. The Bertz CT molecular complexity index is 420. The van der Waals surface area contributed by atoms with E-state index in [1.807, 2.05) is 0 Å². The molecule has 0 heterocycles. The van der Waals surface area contributed by atoms with Crippen molar-refractivity contribution in [3.63, 3.8) is 0 Å². The van der Waals surface area contributed by atoms with E-state index in [0.29, 0.717) is 6.04 Å². The molecule has 0 amide bonds. The van der Waals surface area contributed by atoms with Gasteiger partial charge in [0.1, 0.15) is 0 Å². The van der Waals surface area contributed by atoms with Crippen LogP contribution < -0.4 is 10.2 Å². The molecule has 3 nitrogen and oxygen atoms in total. The van der Waals surface area contributed by atoms with E-state index >= 15 is 0 Å². The molecular weight excluding hydrogens is 326 g/mol. The molecule has 0 spiro atoms. The van der Waals surface area contributed by atoms with Crippen LogP contribution in [0.5, 0.6) is 0 Å². The molecule has 0 aromatic heterocycles. The second kappa shape index (κ2) is 9.44. The Labute approximate surface area is 138 Å². The van der Waals surface area contributed by atoms with Crippen LogP contribution in [0.25, 0.3) is 0 Å². The minimum absolute atomic E-state index is 0.391. The van der Waals surface area contributed by atoms with Crippen molar-refractivity contribution in [3.05, 3.63) is 28.2 Å². The fourth-order valence-electron chi connectivity index (χ4n) is 2.42. The van der Waals surface area contributed by atoms with Crippen molar-refractivity contribution in [3.8, 4) is 0 Å². The third kappa shape index (κ3) is 5.97. The first-order valence-electron chi connectivity index (χ1n) is 7.92. The molecule has 4 heteroatoms. The van der Waals surface area contributed by atoms with E-state index in [1.54, 1.807) is 0 Å². The second-order valence-electron chi connectivity index (χ2n) is 5.78. The van der Waals surface area contributed by atoms with Gasteiger partial charge in [0.15, 0.2) is 0 Å². The lowest BCUT2D eigenvalue weighted by atomic mass is 10.1. The molecule has 0 aliphatic carbocycles. The van der Waals surface area contributed by atoms with E-state index in [4.69, 9.17) is 0 Å². The van der Waals surface area contributed by atoms with Crippen LogP contribution in [-0.2, 0) is 0 Å². The van der Waals surface area contributed by atoms with E-state index in [1.165, 1.54) is 15.7 Å². The normalized spacial score (nSPS) is 12.7. The van der Waals surface area contributed by atoms with Gasteiger partial charge in [-0.05, 0) is 67.6 Å². The average molecular weight is 356 g/mol. The van der Waals surface area contributed by atoms with Gasteiger partial charge in [-0.15, -0.1) is 0 Å². The Hall–Kier alpha value is -0.580. The highest BCUT2D eigenvalue weighted by atomic mass is 79.9. The predicted octanol–water partition coefficient (Wildman–Crippen LogP) is 3.90. The first kappa shape index (κ1) is 18.5. The van der Waals surface area contributed by atoms with Crippen molar-refractivity contribution in [1.82, 2.24) is 10.2 Å². The van der Waals surface area contributed by atoms with Crippen LogP contribution in [0.3, 0.4) is 0 Å². The molecule has 1 rings (SSSR count). The molecule has 1 atom stereocenters. The Morgan fingerprint density at radius 2 is 1.86 bits per heavy atom. The van der Waals surface area contributed by atoms with Gasteiger partial charge in [0.2, 0.25) is 0 Å². The number of hydrogen-bond acceptors (Lipinski definition) is 3. The van der Waals surface area contributed by atoms with Gasteiger partial charge in [0.05, 0.1) is 5.69 Å². The van der Waals surface area contributed by atoms with Gasteiger partial charge in [-0.25, -0.2) is 0 Å². The summed E-state index contributed by atoms with van der Waals surface area (Å²) in [5.74, 6) is 0. The van der Waals surface area contributed by atoms with Gasteiger partial charge in [0, 0.05) is 30.1 Å². The van der Waals surface area contributed by atoms with Crippen LogP contribution >= 0.6 is 15.9 Å². The molecule has 0 radical (unpaired) electrons. The van der Waals surface area contributed by atoms with Gasteiger partial charge in [-0.2, -0.15) is 0 Å². The number of nitrogens with one attached hydrogen (secondary N) is 1. The summed E-state index contributed by atoms with van der Waals surface area (Å²) in [5, 5.41) is 3.46. The van der Waals surface area contributed by atoms with E-state index in [2.05, 4.69) is 84.1 Å². The third-order valence-corrected chi connectivity index (χ3v) is 4.27. The number of halogens is 1. The SMILES string of the molecule is CCCN(CCN(C)C)c1ccc(C(C)NCC)cc1Br. The van der Waals surface area contributed by atoms with Crippen LogP contribution in [0.15, 0.2) is 22.7 Å². The predicted molar refractivity (Wildman–Crippen MR) is 97.3 cm³/mol. The van der Waals surface area contributed by atoms with Crippen LogP contribution in [0.2, 0.25) is 0 Å². The number of hydrogen-bond donors (Lipinski definition) is 1. The maximum Gasteiger partial charge on any atom is 0.0511 e. The number of nitrogens with zero attached hydrogens (tertiary/aromatic N) is 2. The summed E-state index contributed by atoms with van der Waals surface area (Å²) in [6, 6.07) is 7.13. The highest BCUT2D eigenvalue weighted by Crippen LogP contribution is 2.29. The molecule has 0 fully saturated rings. The summed E-state index contributed by atoms with van der Waals surface area (Å²) < 4.78 is 1.19. The van der Waals surface area contributed by atoms with E-state index in [0.717, 1.165) is 32.6 Å².